The van der Waals surface area contributed by atoms with Gasteiger partial charge in [-0.05, 0) is 30.2 Å². The Balaban J connectivity index is 1.19. The van der Waals surface area contributed by atoms with Crippen LogP contribution in [0.1, 0.15) is 24.1 Å². The molecule has 2 heterocycles. The van der Waals surface area contributed by atoms with Crippen LogP contribution in [0.4, 0.5) is 0 Å². The zero-order valence-electron chi connectivity index (χ0n) is 18.1. The molecule has 0 bridgehead atoms. The van der Waals surface area contributed by atoms with E-state index in [9.17, 15) is 4.79 Å². The van der Waals surface area contributed by atoms with Crippen molar-refractivity contribution in [3.05, 3.63) is 65.7 Å². The fraction of sp³-hybridized carbons (Fsp3) is 0.400. The Morgan fingerprint density at radius 2 is 1.71 bits per heavy atom. The minimum Gasteiger partial charge on any atom is -0.486 e. The van der Waals surface area contributed by atoms with Crippen LogP contribution in [0, 0.1) is 0 Å². The summed E-state index contributed by atoms with van der Waals surface area (Å²) in [6.07, 6.45) is 4.38. The highest BCUT2D eigenvalue weighted by Gasteiger charge is 2.20. The molecule has 2 aromatic carbocycles. The average molecular weight is 422 g/mol. The van der Waals surface area contributed by atoms with E-state index in [2.05, 4.69) is 51.5 Å². The van der Waals surface area contributed by atoms with E-state index in [4.69, 9.17) is 9.47 Å². The normalized spacial score (nSPS) is 18.1. The van der Waals surface area contributed by atoms with Gasteiger partial charge in [-0.15, -0.1) is 0 Å². The Morgan fingerprint density at radius 1 is 1.00 bits per heavy atom. The van der Waals surface area contributed by atoms with Crippen LogP contribution in [-0.4, -0.2) is 68.2 Å². The van der Waals surface area contributed by atoms with Gasteiger partial charge in [0.25, 0.3) is 0 Å². The second-order valence-electron chi connectivity index (χ2n) is 8.08. The molecule has 31 heavy (non-hydrogen) atoms. The lowest BCUT2D eigenvalue weighted by Crippen LogP contribution is -2.49. The van der Waals surface area contributed by atoms with Crippen LogP contribution in [0.3, 0.4) is 0 Å². The smallest absolute Gasteiger partial charge is 0.234 e. The van der Waals surface area contributed by atoms with Gasteiger partial charge in [-0.3, -0.25) is 14.6 Å². The molecule has 0 unspecified atom stereocenters. The SMILES string of the molecule is C[C@@H](NC(=O)CN1CCN(C/C=C/c2ccccc2)CC1)c1ccc2c(c1)OCCO2. The standard InChI is InChI=1S/C25H31N3O3/c1-20(22-9-10-23-24(18-22)31-17-16-30-23)26-25(29)19-28-14-12-27(13-15-28)11-5-8-21-6-3-2-4-7-21/h2-10,18,20H,11-17,19H2,1H3,(H,26,29)/b8-5+/t20-/m1/s1. The highest BCUT2D eigenvalue weighted by Crippen LogP contribution is 2.32. The molecule has 6 heteroatoms. The summed E-state index contributed by atoms with van der Waals surface area (Å²) in [7, 11) is 0. The van der Waals surface area contributed by atoms with Crippen molar-refractivity contribution in [2.45, 2.75) is 13.0 Å². The van der Waals surface area contributed by atoms with Crippen molar-refractivity contribution in [1.29, 1.82) is 0 Å². The molecule has 1 fully saturated rings. The van der Waals surface area contributed by atoms with Crippen LogP contribution in [0.2, 0.25) is 0 Å². The number of nitrogens with zero attached hydrogens (tertiary/aromatic N) is 2. The predicted molar refractivity (Wildman–Crippen MR) is 122 cm³/mol. The molecule has 2 aromatic rings. The number of carbonyl (C=O) groups is 1. The van der Waals surface area contributed by atoms with Gasteiger partial charge in [0.2, 0.25) is 5.91 Å². The fourth-order valence-corrected chi connectivity index (χ4v) is 3.93. The van der Waals surface area contributed by atoms with Crippen LogP contribution in [0.25, 0.3) is 6.08 Å². The molecule has 1 saturated heterocycles. The summed E-state index contributed by atoms with van der Waals surface area (Å²) < 4.78 is 11.2. The summed E-state index contributed by atoms with van der Waals surface area (Å²) in [5.74, 6) is 1.58. The molecule has 1 N–H and O–H groups in total. The molecular weight excluding hydrogens is 390 g/mol. The molecule has 4 rings (SSSR count). The number of nitrogens with one attached hydrogen (secondary N) is 1. The van der Waals surface area contributed by atoms with E-state index in [0.717, 1.165) is 49.8 Å². The van der Waals surface area contributed by atoms with E-state index in [1.165, 1.54) is 5.56 Å². The van der Waals surface area contributed by atoms with E-state index in [0.29, 0.717) is 19.8 Å². The largest absolute Gasteiger partial charge is 0.486 e. The van der Waals surface area contributed by atoms with Gasteiger partial charge in [0.1, 0.15) is 13.2 Å². The second-order valence-corrected chi connectivity index (χ2v) is 8.08. The van der Waals surface area contributed by atoms with Gasteiger partial charge in [-0.2, -0.15) is 0 Å². The molecule has 1 amide bonds. The summed E-state index contributed by atoms with van der Waals surface area (Å²) >= 11 is 0. The number of rotatable bonds is 7. The first-order chi connectivity index (χ1) is 15.2. The van der Waals surface area contributed by atoms with Crippen molar-refractivity contribution in [1.82, 2.24) is 15.1 Å². The summed E-state index contributed by atoms with van der Waals surface area (Å²) in [5, 5.41) is 3.11. The topological polar surface area (TPSA) is 54.0 Å². The predicted octanol–water partition coefficient (Wildman–Crippen LogP) is 2.97. The second kappa shape index (κ2) is 10.5. The summed E-state index contributed by atoms with van der Waals surface area (Å²) in [5.41, 5.74) is 2.25. The van der Waals surface area contributed by atoms with Gasteiger partial charge < -0.3 is 14.8 Å². The van der Waals surface area contributed by atoms with E-state index in [1.807, 2.05) is 31.2 Å². The van der Waals surface area contributed by atoms with Crippen LogP contribution in [-0.2, 0) is 4.79 Å². The molecule has 2 aliphatic rings. The number of ether oxygens (including phenoxy) is 2. The number of hydrogen-bond acceptors (Lipinski definition) is 5. The van der Waals surface area contributed by atoms with Crippen LogP contribution >= 0.6 is 0 Å². The molecule has 164 valence electrons. The maximum Gasteiger partial charge on any atom is 0.234 e. The Labute approximate surface area is 184 Å². The number of piperazine rings is 1. The monoisotopic (exact) mass is 421 g/mol. The van der Waals surface area contributed by atoms with Gasteiger partial charge in [0.05, 0.1) is 12.6 Å². The maximum absolute atomic E-state index is 12.6. The summed E-state index contributed by atoms with van der Waals surface area (Å²) in [4.78, 5) is 17.2. The lowest BCUT2D eigenvalue weighted by Gasteiger charge is -2.33. The first kappa shape index (κ1) is 21.4. The van der Waals surface area contributed by atoms with Crippen LogP contribution < -0.4 is 14.8 Å². The molecule has 2 aliphatic heterocycles. The summed E-state index contributed by atoms with van der Waals surface area (Å²) in [6, 6.07) is 16.1. The Morgan fingerprint density at radius 3 is 2.48 bits per heavy atom. The minimum absolute atomic E-state index is 0.0554. The average Bonchev–Trinajstić information content (AvgIpc) is 2.80. The number of fused-ring (bicyclic) bond motifs is 1. The van der Waals surface area contributed by atoms with Gasteiger partial charge in [0.15, 0.2) is 11.5 Å². The third-order valence-corrected chi connectivity index (χ3v) is 5.75. The fourth-order valence-electron chi connectivity index (χ4n) is 3.93. The number of hydrogen-bond donors (Lipinski definition) is 1. The van der Waals surface area contributed by atoms with E-state index in [-0.39, 0.29) is 11.9 Å². The van der Waals surface area contributed by atoms with Crippen LogP contribution in [0.5, 0.6) is 11.5 Å². The van der Waals surface area contributed by atoms with E-state index in [1.54, 1.807) is 0 Å². The third-order valence-electron chi connectivity index (χ3n) is 5.75. The third kappa shape index (κ3) is 6.09. The summed E-state index contributed by atoms with van der Waals surface area (Å²) in [6.45, 7) is 8.28. The highest BCUT2D eigenvalue weighted by atomic mass is 16.6. The quantitative estimate of drug-likeness (QED) is 0.745. The van der Waals surface area contributed by atoms with Gasteiger partial charge in [0, 0.05) is 32.7 Å². The molecule has 6 nitrogen and oxygen atoms in total. The first-order valence-electron chi connectivity index (χ1n) is 11.0. The van der Waals surface area contributed by atoms with E-state index < -0.39 is 0 Å². The van der Waals surface area contributed by atoms with E-state index >= 15 is 0 Å². The van der Waals surface area contributed by atoms with Gasteiger partial charge in [-0.1, -0.05) is 48.6 Å². The minimum atomic E-state index is -0.0762. The Kier molecular flexibility index (Phi) is 7.22. The zero-order valence-corrected chi connectivity index (χ0v) is 18.1. The van der Waals surface area contributed by atoms with Crippen LogP contribution in [0.15, 0.2) is 54.6 Å². The van der Waals surface area contributed by atoms with Gasteiger partial charge >= 0.3 is 0 Å². The lowest BCUT2D eigenvalue weighted by molar-refractivity contribution is -0.123. The molecule has 0 spiro atoms. The Bertz CT molecular complexity index is 892. The molecule has 1 atom stereocenters. The van der Waals surface area contributed by atoms with Crippen molar-refractivity contribution in [3.63, 3.8) is 0 Å². The molecule has 0 saturated carbocycles. The number of amides is 1. The lowest BCUT2D eigenvalue weighted by atomic mass is 10.1. The van der Waals surface area contributed by atoms with Crippen molar-refractivity contribution in [3.8, 4) is 11.5 Å². The van der Waals surface area contributed by atoms with Crippen molar-refractivity contribution < 1.29 is 14.3 Å². The van der Waals surface area contributed by atoms with Crippen molar-refractivity contribution in [2.75, 3.05) is 52.5 Å². The van der Waals surface area contributed by atoms with Gasteiger partial charge in [-0.25, -0.2) is 0 Å². The van der Waals surface area contributed by atoms with Crippen molar-refractivity contribution in [2.24, 2.45) is 0 Å². The maximum atomic E-state index is 12.6. The zero-order chi connectivity index (χ0) is 21.5. The first-order valence-corrected chi connectivity index (χ1v) is 11.0. The molecular formula is C25H31N3O3. The highest BCUT2D eigenvalue weighted by molar-refractivity contribution is 5.78. The number of carbonyl (C=O) groups excluding carboxylic acids is 1. The Hall–Kier alpha value is -2.83. The molecule has 0 aliphatic carbocycles. The molecule has 0 radical (unpaired) electrons. The number of benzene rings is 2. The molecule has 0 aromatic heterocycles. The van der Waals surface area contributed by atoms with Crippen molar-refractivity contribution >= 4 is 12.0 Å².